The molecule has 13 heavy (non-hydrogen) atoms. The van der Waals surface area contributed by atoms with Crippen LogP contribution >= 0.6 is 15.9 Å². The van der Waals surface area contributed by atoms with Gasteiger partial charge in [-0.25, -0.2) is 9.37 Å². The van der Waals surface area contributed by atoms with Gasteiger partial charge in [0.25, 0.3) is 0 Å². The maximum atomic E-state index is 13.0. The molecule has 0 unspecified atom stereocenters. The minimum Gasteiger partial charge on any atom is -0.300 e. The molecule has 0 aromatic carbocycles. The first kappa shape index (κ1) is 8.69. The summed E-state index contributed by atoms with van der Waals surface area (Å²) in [5, 5.41) is 0. The summed E-state index contributed by atoms with van der Waals surface area (Å²) >= 11 is 3.27. The van der Waals surface area contributed by atoms with Crippen molar-refractivity contribution in [1.82, 2.24) is 9.38 Å². The maximum absolute atomic E-state index is 13.0. The standard InChI is InChI=1S/C9H8BrFN2/c1-5-6(2)13-4-7(11)3-8(10)9(13)12-5/h3-4H,1-2H3. The van der Waals surface area contributed by atoms with Gasteiger partial charge in [-0.3, -0.25) is 0 Å². The van der Waals surface area contributed by atoms with Gasteiger partial charge in [0.15, 0.2) is 5.65 Å². The van der Waals surface area contributed by atoms with Crippen LogP contribution in [-0.4, -0.2) is 9.38 Å². The summed E-state index contributed by atoms with van der Waals surface area (Å²) in [6, 6.07) is 1.42. The molecule has 0 N–H and O–H groups in total. The van der Waals surface area contributed by atoms with Gasteiger partial charge in [-0.1, -0.05) is 0 Å². The Morgan fingerprint density at radius 2 is 2.15 bits per heavy atom. The Balaban J connectivity index is 2.94. The average Bonchev–Trinajstić information content (AvgIpc) is 2.32. The summed E-state index contributed by atoms with van der Waals surface area (Å²) in [5.41, 5.74) is 2.65. The third kappa shape index (κ3) is 1.25. The first-order valence-corrected chi connectivity index (χ1v) is 4.69. The summed E-state index contributed by atoms with van der Waals surface area (Å²) in [6.45, 7) is 3.83. The Labute approximate surface area is 83.5 Å². The molecule has 2 nitrogen and oxygen atoms in total. The summed E-state index contributed by atoms with van der Waals surface area (Å²) < 4.78 is 15.4. The molecule has 68 valence electrons. The van der Waals surface area contributed by atoms with E-state index in [1.54, 1.807) is 4.40 Å². The topological polar surface area (TPSA) is 17.3 Å². The zero-order valence-corrected chi connectivity index (χ0v) is 8.89. The number of hydrogen-bond acceptors (Lipinski definition) is 1. The minimum atomic E-state index is -0.264. The molecule has 2 rings (SSSR count). The Hall–Kier alpha value is -0.900. The fraction of sp³-hybridized carbons (Fsp3) is 0.222. The van der Waals surface area contributed by atoms with E-state index >= 15 is 0 Å². The Morgan fingerprint density at radius 1 is 1.46 bits per heavy atom. The molecule has 2 aromatic rings. The van der Waals surface area contributed by atoms with E-state index in [0.717, 1.165) is 17.0 Å². The lowest BCUT2D eigenvalue weighted by Gasteiger charge is -1.98. The van der Waals surface area contributed by atoms with Gasteiger partial charge in [0.1, 0.15) is 5.82 Å². The van der Waals surface area contributed by atoms with Gasteiger partial charge >= 0.3 is 0 Å². The summed E-state index contributed by atoms with van der Waals surface area (Å²) in [7, 11) is 0. The molecule has 0 spiro atoms. The van der Waals surface area contributed by atoms with Gasteiger partial charge in [0, 0.05) is 11.9 Å². The lowest BCUT2D eigenvalue weighted by Crippen LogP contribution is -1.90. The fourth-order valence-electron chi connectivity index (χ4n) is 1.30. The summed E-state index contributed by atoms with van der Waals surface area (Å²) in [5.74, 6) is -0.264. The van der Waals surface area contributed by atoms with Crippen molar-refractivity contribution in [3.05, 3.63) is 33.9 Å². The van der Waals surface area contributed by atoms with E-state index < -0.39 is 0 Å². The smallest absolute Gasteiger partial charge is 0.151 e. The lowest BCUT2D eigenvalue weighted by atomic mass is 10.4. The molecular weight excluding hydrogens is 235 g/mol. The second-order valence-corrected chi connectivity index (χ2v) is 3.84. The van der Waals surface area contributed by atoms with Crippen molar-refractivity contribution in [2.45, 2.75) is 13.8 Å². The normalized spacial score (nSPS) is 11.1. The molecule has 0 amide bonds. The van der Waals surface area contributed by atoms with Gasteiger partial charge in [-0.05, 0) is 35.8 Å². The van der Waals surface area contributed by atoms with Crippen molar-refractivity contribution in [1.29, 1.82) is 0 Å². The van der Waals surface area contributed by atoms with Crippen molar-refractivity contribution in [2.24, 2.45) is 0 Å². The van der Waals surface area contributed by atoms with E-state index in [1.165, 1.54) is 12.3 Å². The Bertz CT molecular complexity index is 476. The maximum Gasteiger partial charge on any atom is 0.151 e. The molecule has 0 aliphatic rings. The molecule has 0 saturated carbocycles. The number of aromatic nitrogens is 2. The molecule has 0 atom stereocenters. The molecule has 0 aliphatic heterocycles. The molecular formula is C9H8BrFN2. The SMILES string of the molecule is Cc1nc2c(Br)cc(F)cn2c1C. The van der Waals surface area contributed by atoms with Crippen LogP contribution in [0.3, 0.4) is 0 Å². The number of nitrogens with zero attached hydrogens (tertiary/aromatic N) is 2. The van der Waals surface area contributed by atoms with Crippen LogP contribution in [0.4, 0.5) is 4.39 Å². The van der Waals surface area contributed by atoms with Gasteiger partial charge in [0.2, 0.25) is 0 Å². The van der Waals surface area contributed by atoms with Gasteiger partial charge in [-0.2, -0.15) is 0 Å². The third-order valence-electron chi connectivity index (χ3n) is 2.12. The molecule has 2 aromatic heterocycles. The fourth-order valence-corrected chi connectivity index (χ4v) is 1.80. The van der Waals surface area contributed by atoms with Crippen LogP contribution in [0.5, 0.6) is 0 Å². The molecule has 4 heteroatoms. The Morgan fingerprint density at radius 3 is 2.85 bits per heavy atom. The van der Waals surface area contributed by atoms with Crippen LogP contribution < -0.4 is 0 Å². The van der Waals surface area contributed by atoms with Crippen LogP contribution in [0.1, 0.15) is 11.4 Å². The number of aryl methyl sites for hydroxylation is 2. The zero-order valence-electron chi connectivity index (χ0n) is 7.31. The first-order valence-electron chi connectivity index (χ1n) is 3.90. The highest BCUT2D eigenvalue weighted by Crippen LogP contribution is 2.21. The Kier molecular flexibility index (Phi) is 1.87. The second kappa shape index (κ2) is 2.80. The van der Waals surface area contributed by atoms with Crippen molar-refractivity contribution >= 4 is 21.6 Å². The van der Waals surface area contributed by atoms with Gasteiger partial charge in [0.05, 0.1) is 10.2 Å². The minimum absolute atomic E-state index is 0.264. The van der Waals surface area contributed by atoms with Crippen molar-refractivity contribution in [3.8, 4) is 0 Å². The van der Waals surface area contributed by atoms with Crippen molar-refractivity contribution in [3.63, 3.8) is 0 Å². The highest BCUT2D eigenvalue weighted by Gasteiger charge is 2.08. The number of hydrogen-bond donors (Lipinski definition) is 0. The molecule has 0 bridgehead atoms. The number of imidazole rings is 1. The monoisotopic (exact) mass is 242 g/mol. The summed E-state index contributed by atoms with van der Waals surface area (Å²) in [4.78, 5) is 4.30. The van der Waals surface area contributed by atoms with Crippen LogP contribution in [0, 0.1) is 19.7 Å². The lowest BCUT2D eigenvalue weighted by molar-refractivity contribution is 0.617. The first-order chi connectivity index (χ1) is 6.09. The molecule has 0 saturated heterocycles. The van der Waals surface area contributed by atoms with E-state index in [-0.39, 0.29) is 5.82 Å². The molecule has 0 fully saturated rings. The van der Waals surface area contributed by atoms with Gasteiger partial charge in [-0.15, -0.1) is 0 Å². The zero-order chi connectivity index (χ0) is 9.59. The van der Waals surface area contributed by atoms with Gasteiger partial charge < -0.3 is 4.40 Å². The van der Waals surface area contributed by atoms with Crippen LogP contribution in [0.25, 0.3) is 5.65 Å². The number of halogens is 2. The number of pyridine rings is 1. The molecule has 2 heterocycles. The van der Waals surface area contributed by atoms with Crippen LogP contribution in [-0.2, 0) is 0 Å². The quantitative estimate of drug-likeness (QED) is 0.695. The summed E-state index contributed by atoms with van der Waals surface area (Å²) in [6.07, 6.45) is 1.44. The van der Waals surface area contributed by atoms with E-state index in [2.05, 4.69) is 20.9 Å². The number of rotatable bonds is 0. The third-order valence-corrected chi connectivity index (χ3v) is 2.70. The largest absolute Gasteiger partial charge is 0.300 e. The highest BCUT2D eigenvalue weighted by molar-refractivity contribution is 9.10. The van der Waals surface area contributed by atoms with Crippen molar-refractivity contribution < 1.29 is 4.39 Å². The van der Waals surface area contributed by atoms with E-state index in [9.17, 15) is 4.39 Å². The number of fused-ring (bicyclic) bond motifs is 1. The predicted molar refractivity (Wildman–Crippen MR) is 52.3 cm³/mol. The van der Waals surface area contributed by atoms with E-state index in [1.807, 2.05) is 13.8 Å². The van der Waals surface area contributed by atoms with Crippen molar-refractivity contribution in [2.75, 3.05) is 0 Å². The van der Waals surface area contributed by atoms with E-state index in [4.69, 9.17) is 0 Å². The van der Waals surface area contributed by atoms with Crippen LogP contribution in [0.2, 0.25) is 0 Å². The highest BCUT2D eigenvalue weighted by atomic mass is 79.9. The van der Waals surface area contributed by atoms with E-state index in [0.29, 0.717) is 4.47 Å². The van der Waals surface area contributed by atoms with Crippen LogP contribution in [0.15, 0.2) is 16.7 Å². The molecule has 0 aliphatic carbocycles. The molecule has 0 radical (unpaired) electrons. The average molecular weight is 243 g/mol. The second-order valence-electron chi connectivity index (χ2n) is 2.98. The predicted octanol–water partition coefficient (Wildman–Crippen LogP) is 2.85.